The van der Waals surface area contributed by atoms with Gasteiger partial charge < -0.3 is 5.73 Å². The van der Waals surface area contributed by atoms with E-state index in [1.165, 1.54) is 11.1 Å². The van der Waals surface area contributed by atoms with E-state index < -0.39 is 0 Å². The van der Waals surface area contributed by atoms with Crippen LogP contribution in [0.25, 0.3) is 0 Å². The molecule has 1 heteroatoms. The Morgan fingerprint density at radius 3 is 2.25 bits per heavy atom. The van der Waals surface area contributed by atoms with Crippen LogP contribution in [0.2, 0.25) is 0 Å². The molecule has 1 nitrogen and oxygen atoms in total. The molecule has 0 aliphatic rings. The summed E-state index contributed by atoms with van der Waals surface area (Å²) in [6, 6.07) is 0. The average Bonchev–Trinajstić information content (AvgIpc) is 2.24. The molecule has 0 aromatic heterocycles. The highest BCUT2D eigenvalue weighted by Gasteiger charge is 2.03. The molecule has 0 aromatic rings. The third-order valence-corrected chi connectivity index (χ3v) is 2.66. The fraction of sp³-hybridized carbons (Fsp3) is 0.600. The molecular formula is C15H27N. The molecule has 0 spiro atoms. The lowest BCUT2D eigenvalue weighted by Crippen LogP contribution is -2.04. The minimum atomic E-state index is 0.535. The van der Waals surface area contributed by atoms with Gasteiger partial charge in [0.25, 0.3) is 0 Å². The van der Waals surface area contributed by atoms with Gasteiger partial charge in [-0.25, -0.2) is 0 Å². The van der Waals surface area contributed by atoms with Crippen LogP contribution < -0.4 is 5.73 Å². The van der Waals surface area contributed by atoms with Gasteiger partial charge in [-0.3, -0.25) is 0 Å². The third kappa shape index (κ3) is 5.20. The summed E-state index contributed by atoms with van der Waals surface area (Å²) in [5.74, 6) is 0.535. The van der Waals surface area contributed by atoms with Crippen LogP contribution in [-0.4, -0.2) is 0 Å². The molecule has 0 bridgehead atoms. The summed E-state index contributed by atoms with van der Waals surface area (Å²) in [5, 5.41) is 0. The van der Waals surface area contributed by atoms with Crippen LogP contribution in [0.3, 0.4) is 0 Å². The molecule has 16 heavy (non-hydrogen) atoms. The lowest BCUT2D eigenvalue weighted by Gasteiger charge is -2.10. The molecule has 0 fully saturated rings. The Morgan fingerprint density at radius 2 is 1.88 bits per heavy atom. The first-order valence-corrected chi connectivity index (χ1v) is 6.39. The molecular weight excluding hydrogens is 194 g/mol. The van der Waals surface area contributed by atoms with Gasteiger partial charge in [0, 0.05) is 5.70 Å². The number of hydrogen-bond donors (Lipinski definition) is 1. The molecule has 0 rings (SSSR count). The van der Waals surface area contributed by atoms with Crippen LogP contribution in [0, 0.1) is 5.92 Å². The maximum atomic E-state index is 6.16. The van der Waals surface area contributed by atoms with Crippen molar-refractivity contribution in [3.05, 3.63) is 35.1 Å². The Kier molecular flexibility index (Phi) is 7.70. The smallest absolute Gasteiger partial charge is 0.0346 e. The largest absolute Gasteiger partial charge is 0.399 e. The van der Waals surface area contributed by atoms with E-state index in [1.54, 1.807) is 0 Å². The molecule has 0 aromatic carbocycles. The Hall–Kier alpha value is -0.980. The van der Waals surface area contributed by atoms with Crippen molar-refractivity contribution < 1.29 is 0 Å². The molecule has 0 saturated heterocycles. The Labute approximate surface area is 101 Å². The fourth-order valence-corrected chi connectivity index (χ4v) is 1.74. The summed E-state index contributed by atoms with van der Waals surface area (Å²) < 4.78 is 0. The maximum absolute atomic E-state index is 6.16. The first-order valence-electron chi connectivity index (χ1n) is 6.39. The first kappa shape index (κ1) is 15.0. The molecule has 0 aliphatic carbocycles. The Balaban J connectivity index is 4.91. The topological polar surface area (TPSA) is 26.0 Å². The fourth-order valence-electron chi connectivity index (χ4n) is 1.74. The van der Waals surface area contributed by atoms with E-state index in [9.17, 15) is 0 Å². The van der Waals surface area contributed by atoms with Crippen molar-refractivity contribution in [2.45, 2.75) is 53.9 Å². The summed E-state index contributed by atoms with van der Waals surface area (Å²) in [4.78, 5) is 0. The summed E-state index contributed by atoms with van der Waals surface area (Å²) >= 11 is 0. The van der Waals surface area contributed by atoms with Gasteiger partial charge in [0.05, 0.1) is 0 Å². The van der Waals surface area contributed by atoms with Gasteiger partial charge in [0.1, 0.15) is 0 Å². The van der Waals surface area contributed by atoms with Crippen molar-refractivity contribution in [2.75, 3.05) is 0 Å². The van der Waals surface area contributed by atoms with Crippen LogP contribution in [0.15, 0.2) is 35.1 Å². The lowest BCUT2D eigenvalue weighted by molar-refractivity contribution is 0.786. The number of allylic oxidation sites excluding steroid dienone is 5. The van der Waals surface area contributed by atoms with E-state index in [2.05, 4.69) is 52.8 Å². The molecule has 0 atom stereocenters. The Bertz CT molecular complexity index is 280. The monoisotopic (exact) mass is 221 g/mol. The molecule has 0 amide bonds. The van der Waals surface area contributed by atoms with Gasteiger partial charge >= 0.3 is 0 Å². The van der Waals surface area contributed by atoms with E-state index in [4.69, 9.17) is 5.73 Å². The minimum absolute atomic E-state index is 0.535. The van der Waals surface area contributed by atoms with Crippen LogP contribution in [-0.2, 0) is 0 Å². The van der Waals surface area contributed by atoms with Crippen LogP contribution in [0.5, 0.6) is 0 Å². The molecule has 0 radical (unpaired) electrons. The van der Waals surface area contributed by atoms with Crippen molar-refractivity contribution in [2.24, 2.45) is 11.7 Å². The van der Waals surface area contributed by atoms with Crippen molar-refractivity contribution in [3.8, 4) is 0 Å². The predicted molar refractivity (Wildman–Crippen MR) is 74.1 cm³/mol. The van der Waals surface area contributed by atoms with E-state index in [1.807, 2.05) is 0 Å². The SMILES string of the molecule is C\C=C(/C=C(N)\C(=C\CC)CCC)C(C)C. The quantitative estimate of drug-likeness (QED) is 0.653. The number of nitrogens with two attached hydrogens (primary N) is 1. The molecule has 0 saturated carbocycles. The van der Waals surface area contributed by atoms with Gasteiger partial charge in [-0.05, 0) is 42.9 Å². The number of hydrogen-bond acceptors (Lipinski definition) is 1. The summed E-state index contributed by atoms with van der Waals surface area (Å²) in [6.07, 6.45) is 9.78. The van der Waals surface area contributed by atoms with E-state index in [0.29, 0.717) is 5.92 Å². The van der Waals surface area contributed by atoms with Crippen molar-refractivity contribution >= 4 is 0 Å². The third-order valence-electron chi connectivity index (χ3n) is 2.66. The van der Waals surface area contributed by atoms with Gasteiger partial charge in [-0.1, -0.05) is 46.3 Å². The van der Waals surface area contributed by atoms with E-state index in [-0.39, 0.29) is 0 Å². The molecule has 2 N–H and O–H groups in total. The molecule has 0 unspecified atom stereocenters. The molecule has 92 valence electrons. The Morgan fingerprint density at radius 1 is 1.25 bits per heavy atom. The van der Waals surface area contributed by atoms with E-state index >= 15 is 0 Å². The number of rotatable bonds is 6. The van der Waals surface area contributed by atoms with Gasteiger partial charge in [0.15, 0.2) is 0 Å². The summed E-state index contributed by atoms with van der Waals surface area (Å²) in [5.41, 5.74) is 9.70. The van der Waals surface area contributed by atoms with Crippen LogP contribution in [0.4, 0.5) is 0 Å². The lowest BCUT2D eigenvalue weighted by atomic mass is 9.98. The van der Waals surface area contributed by atoms with Gasteiger partial charge in [0.2, 0.25) is 0 Å². The van der Waals surface area contributed by atoms with E-state index in [0.717, 1.165) is 25.0 Å². The predicted octanol–water partition coefficient (Wildman–Crippen LogP) is 4.57. The van der Waals surface area contributed by atoms with Crippen LogP contribution in [0.1, 0.15) is 53.9 Å². The first-order chi connectivity index (χ1) is 7.56. The normalized spacial score (nSPS) is 14.8. The highest BCUT2D eigenvalue weighted by atomic mass is 14.6. The molecule has 0 heterocycles. The summed E-state index contributed by atoms with van der Waals surface area (Å²) in [6.45, 7) is 10.8. The zero-order chi connectivity index (χ0) is 12.6. The van der Waals surface area contributed by atoms with Gasteiger partial charge in [-0.2, -0.15) is 0 Å². The summed E-state index contributed by atoms with van der Waals surface area (Å²) in [7, 11) is 0. The minimum Gasteiger partial charge on any atom is -0.399 e. The second-order valence-corrected chi connectivity index (χ2v) is 4.43. The molecule has 0 aliphatic heterocycles. The standard InChI is InChI=1S/C15H27N/c1-6-9-14(10-7-2)15(16)11-13(8-3)12(4)5/h8-9,11-12H,6-7,10,16H2,1-5H3/b13-8+,14-9+,15-11+. The second kappa shape index (κ2) is 8.20. The van der Waals surface area contributed by atoms with Gasteiger partial charge in [-0.15, -0.1) is 0 Å². The average molecular weight is 221 g/mol. The van der Waals surface area contributed by atoms with Crippen molar-refractivity contribution in [3.63, 3.8) is 0 Å². The zero-order valence-corrected chi connectivity index (χ0v) is 11.5. The maximum Gasteiger partial charge on any atom is 0.0346 e. The van der Waals surface area contributed by atoms with Crippen molar-refractivity contribution in [1.29, 1.82) is 0 Å². The van der Waals surface area contributed by atoms with Crippen LogP contribution >= 0.6 is 0 Å². The highest BCUT2D eigenvalue weighted by molar-refractivity contribution is 5.35. The second-order valence-electron chi connectivity index (χ2n) is 4.43. The zero-order valence-electron chi connectivity index (χ0n) is 11.5. The van der Waals surface area contributed by atoms with Crippen molar-refractivity contribution in [1.82, 2.24) is 0 Å². The highest BCUT2D eigenvalue weighted by Crippen LogP contribution is 2.18.